The number of likely N-dealkylation sites (tertiary alicyclic amines) is 1. The van der Waals surface area contributed by atoms with E-state index in [2.05, 4.69) is 29.5 Å². The molecule has 2 amide bonds. The van der Waals surface area contributed by atoms with Crippen LogP contribution in [0.25, 0.3) is 0 Å². The molecule has 0 bridgehead atoms. The lowest BCUT2D eigenvalue weighted by Gasteiger charge is -2.33. The van der Waals surface area contributed by atoms with E-state index in [1.807, 2.05) is 6.92 Å². The summed E-state index contributed by atoms with van der Waals surface area (Å²) in [5.74, 6) is 0.571. The van der Waals surface area contributed by atoms with Gasteiger partial charge in [-0.2, -0.15) is 0 Å². The van der Waals surface area contributed by atoms with Crippen LogP contribution in [0.1, 0.15) is 40.0 Å². The summed E-state index contributed by atoms with van der Waals surface area (Å²) < 4.78 is 10.3. The Morgan fingerprint density at radius 3 is 2.45 bits per heavy atom. The molecule has 0 radical (unpaired) electrons. The highest BCUT2D eigenvalue weighted by Gasteiger charge is 2.25. The lowest BCUT2D eigenvalue weighted by Crippen LogP contribution is -2.51. The molecule has 1 saturated heterocycles. The molecule has 0 aromatic rings. The number of rotatable bonds is 9. The standard InChI is InChI=1S/C20H39N5O4/c1-7-29-19(27)25-11-8-16(9-12-25)23-18(21-14-17(26)24(4)5)22-15-20(2,3)10-13-28-6/h16H,7-15H2,1-6H3,(H2,21,22,23). The van der Waals surface area contributed by atoms with Crippen LogP contribution in [0.5, 0.6) is 0 Å². The van der Waals surface area contributed by atoms with Crippen LogP contribution < -0.4 is 10.6 Å². The molecule has 0 saturated carbocycles. The Bertz CT molecular complexity index is 543. The molecule has 1 rings (SSSR count). The van der Waals surface area contributed by atoms with Crippen molar-refractivity contribution >= 4 is 18.0 Å². The Labute approximate surface area is 175 Å². The van der Waals surface area contributed by atoms with Gasteiger partial charge in [0.1, 0.15) is 6.54 Å². The molecule has 1 fully saturated rings. The van der Waals surface area contributed by atoms with Crippen molar-refractivity contribution < 1.29 is 19.1 Å². The fourth-order valence-electron chi connectivity index (χ4n) is 2.84. The van der Waals surface area contributed by atoms with Gasteiger partial charge >= 0.3 is 6.09 Å². The summed E-state index contributed by atoms with van der Waals surface area (Å²) in [6.45, 7) is 9.29. The van der Waals surface area contributed by atoms with Crippen molar-refractivity contribution in [3.8, 4) is 0 Å². The number of amides is 2. The number of hydrogen-bond acceptors (Lipinski definition) is 5. The smallest absolute Gasteiger partial charge is 0.409 e. The van der Waals surface area contributed by atoms with E-state index in [-0.39, 0.29) is 30.0 Å². The molecule has 1 aliphatic heterocycles. The number of ether oxygens (including phenoxy) is 2. The summed E-state index contributed by atoms with van der Waals surface area (Å²) in [6, 6.07) is 0.184. The summed E-state index contributed by atoms with van der Waals surface area (Å²) in [5, 5.41) is 6.80. The zero-order chi connectivity index (χ0) is 21.9. The van der Waals surface area contributed by atoms with Crippen LogP contribution in [0.4, 0.5) is 4.79 Å². The van der Waals surface area contributed by atoms with Crippen molar-refractivity contribution in [2.24, 2.45) is 10.4 Å². The van der Waals surface area contributed by atoms with Crippen LogP contribution in [-0.4, -0.2) is 94.4 Å². The Balaban J connectivity index is 2.66. The molecule has 0 aliphatic carbocycles. The molecule has 9 nitrogen and oxygen atoms in total. The fraction of sp³-hybridized carbons (Fsp3) is 0.850. The maximum atomic E-state index is 12.0. The van der Waals surface area contributed by atoms with Crippen LogP contribution in [0.3, 0.4) is 0 Å². The maximum absolute atomic E-state index is 12.0. The van der Waals surface area contributed by atoms with Gasteiger partial charge in [-0.05, 0) is 31.6 Å². The first-order chi connectivity index (χ1) is 13.7. The van der Waals surface area contributed by atoms with Gasteiger partial charge in [0.2, 0.25) is 5.91 Å². The van der Waals surface area contributed by atoms with E-state index in [1.165, 1.54) is 4.90 Å². The van der Waals surface area contributed by atoms with Crippen molar-refractivity contribution in [2.75, 3.05) is 60.6 Å². The summed E-state index contributed by atoms with van der Waals surface area (Å²) in [6.07, 6.45) is 2.26. The SMILES string of the molecule is CCOC(=O)N1CCC(NC(=NCC(=O)N(C)C)NCC(C)(C)CCOC)CC1. The van der Waals surface area contributed by atoms with Crippen molar-refractivity contribution in [3.05, 3.63) is 0 Å². The molecule has 1 aliphatic rings. The largest absolute Gasteiger partial charge is 0.450 e. The van der Waals surface area contributed by atoms with Crippen molar-refractivity contribution in [3.63, 3.8) is 0 Å². The van der Waals surface area contributed by atoms with Gasteiger partial charge in [-0.15, -0.1) is 0 Å². The Morgan fingerprint density at radius 2 is 1.90 bits per heavy atom. The molecular weight excluding hydrogens is 374 g/mol. The lowest BCUT2D eigenvalue weighted by molar-refractivity contribution is -0.127. The summed E-state index contributed by atoms with van der Waals surface area (Å²) in [7, 11) is 5.14. The number of likely N-dealkylation sites (N-methyl/N-ethyl adjacent to an activating group) is 1. The number of nitrogens with zero attached hydrogens (tertiary/aromatic N) is 3. The third-order valence-electron chi connectivity index (χ3n) is 4.95. The fourth-order valence-corrected chi connectivity index (χ4v) is 2.84. The van der Waals surface area contributed by atoms with Gasteiger partial charge in [0, 0.05) is 53.5 Å². The van der Waals surface area contributed by atoms with E-state index < -0.39 is 0 Å². The average Bonchev–Trinajstić information content (AvgIpc) is 2.68. The van der Waals surface area contributed by atoms with Gasteiger partial charge in [-0.1, -0.05) is 13.8 Å². The number of methoxy groups -OCH3 is 1. The monoisotopic (exact) mass is 413 g/mol. The molecule has 0 aromatic carbocycles. The minimum absolute atomic E-state index is 0.0251. The van der Waals surface area contributed by atoms with Gasteiger partial charge in [0.05, 0.1) is 6.61 Å². The first-order valence-electron chi connectivity index (χ1n) is 10.3. The van der Waals surface area contributed by atoms with Gasteiger partial charge in [-0.25, -0.2) is 9.79 Å². The normalized spacial score (nSPS) is 15.8. The third kappa shape index (κ3) is 9.83. The quantitative estimate of drug-likeness (QED) is 0.437. The molecular formula is C20H39N5O4. The van der Waals surface area contributed by atoms with Crippen LogP contribution in [0.15, 0.2) is 4.99 Å². The lowest BCUT2D eigenvalue weighted by atomic mass is 9.90. The molecule has 0 atom stereocenters. The Kier molecular flexibility index (Phi) is 10.8. The second-order valence-electron chi connectivity index (χ2n) is 8.32. The van der Waals surface area contributed by atoms with Crippen molar-refractivity contribution in [2.45, 2.75) is 46.1 Å². The molecule has 0 spiro atoms. The van der Waals surface area contributed by atoms with Crippen LogP contribution in [0, 0.1) is 5.41 Å². The number of carbonyl (C=O) groups is 2. The van der Waals surface area contributed by atoms with E-state index >= 15 is 0 Å². The van der Waals surface area contributed by atoms with Crippen molar-refractivity contribution in [1.29, 1.82) is 0 Å². The third-order valence-corrected chi connectivity index (χ3v) is 4.95. The predicted octanol–water partition coefficient (Wildman–Crippen LogP) is 1.29. The Morgan fingerprint density at radius 1 is 1.24 bits per heavy atom. The first-order valence-corrected chi connectivity index (χ1v) is 10.3. The van der Waals surface area contributed by atoms with Crippen LogP contribution >= 0.6 is 0 Å². The minimum Gasteiger partial charge on any atom is -0.450 e. The number of nitrogens with one attached hydrogen (secondary N) is 2. The molecule has 9 heteroatoms. The molecule has 168 valence electrons. The van der Waals surface area contributed by atoms with Gasteiger partial charge in [-0.3, -0.25) is 4.79 Å². The van der Waals surface area contributed by atoms with E-state index in [9.17, 15) is 9.59 Å². The highest BCUT2D eigenvalue weighted by molar-refractivity contribution is 5.85. The predicted molar refractivity (Wildman–Crippen MR) is 114 cm³/mol. The molecule has 29 heavy (non-hydrogen) atoms. The summed E-state index contributed by atoms with van der Waals surface area (Å²) in [5.41, 5.74) is 0.0251. The number of hydrogen-bond donors (Lipinski definition) is 2. The molecule has 0 aromatic heterocycles. The van der Waals surface area contributed by atoms with E-state index in [0.29, 0.717) is 38.8 Å². The molecule has 2 N–H and O–H groups in total. The van der Waals surface area contributed by atoms with Gasteiger partial charge < -0.3 is 29.9 Å². The minimum atomic E-state index is -0.255. The summed E-state index contributed by atoms with van der Waals surface area (Å²) in [4.78, 5) is 31.5. The van der Waals surface area contributed by atoms with Crippen molar-refractivity contribution in [1.82, 2.24) is 20.4 Å². The number of carbonyl (C=O) groups excluding carboxylic acids is 2. The highest BCUT2D eigenvalue weighted by Crippen LogP contribution is 2.18. The first kappa shape index (κ1) is 25.0. The Hall–Kier alpha value is -2.03. The van der Waals surface area contributed by atoms with Gasteiger partial charge in [0.25, 0.3) is 0 Å². The number of guanidine groups is 1. The second-order valence-corrected chi connectivity index (χ2v) is 8.32. The zero-order valence-electron chi connectivity index (χ0n) is 18.9. The average molecular weight is 414 g/mol. The van der Waals surface area contributed by atoms with Crippen LogP contribution in [0.2, 0.25) is 0 Å². The highest BCUT2D eigenvalue weighted by atomic mass is 16.6. The van der Waals surface area contributed by atoms with Gasteiger partial charge in [0.15, 0.2) is 5.96 Å². The molecule has 0 unspecified atom stereocenters. The van der Waals surface area contributed by atoms with Crippen LogP contribution in [-0.2, 0) is 14.3 Å². The van der Waals surface area contributed by atoms with E-state index in [1.54, 1.807) is 26.1 Å². The van der Waals surface area contributed by atoms with E-state index in [4.69, 9.17) is 9.47 Å². The number of piperidine rings is 1. The summed E-state index contributed by atoms with van der Waals surface area (Å²) >= 11 is 0. The topological polar surface area (TPSA) is 95.5 Å². The van der Waals surface area contributed by atoms with E-state index in [0.717, 1.165) is 19.3 Å². The molecule has 1 heterocycles. The maximum Gasteiger partial charge on any atom is 0.409 e. The number of aliphatic imine (C=N–C) groups is 1. The second kappa shape index (κ2) is 12.5. The zero-order valence-corrected chi connectivity index (χ0v) is 18.9.